The van der Waals surface area contributed by atoms with Crippen LogP contribution in [0, 0.1) is 6.92 Å². The highest BCUT2D eigenvalue weighted by Crippen LogP contribution is 2.40. The summed E-state index contributed by atoms with van der Waals surface area (Å²) >= 11 is 0. The molecule has 3 aromatic carbocycles. The van der Waals surface area contributed by atoms with E-state index in [1.807, 2.05) is 0 Å². The Morgan fingerprint density at radius 3 is 0.991 bits per heavy atom. The van der Waals surface area contributed by atoms with Crippen molar-refractivity contribution in [1.82, 2.24) is 4.72 Å². The molecule has 14 bridgehead atoms. The predicted octanol–water partition coefficient (Wildman–Crippen LogP) is -11.8. The van der Waals surface area contributed by atoms with Crippen LogP contribution in [0.15, 0.2) is 70.5 Å². The first kappa shape index (κ1) is 83.6. The summed E-state index contributed by atoms with van der Waals surface area (Å²) in [7, 11) is -5.93. The van der Waals surface area contributed by atoms with Gasteiger partial charge < -0.3 is 173 Å². The lowest BCUT2D eigenvalue weighted by Crippen LogP contribution is -2.68. The number of hydrogen-bond donors (Lipinski definition) is 20. The zero-order chi connectivity index (χ0) is 77.6. The molecular weight excluding hydrogens is 1490 g/mol. The maximum absolute atomic E-state index is 13.9. The molecule has 0 saturated carbocycles. The molecule has 44 heteroatoms. The van der Waals surface area contributed by atoms with E-state index in [1.165, 1.54) is 30.3 Å². The Labute approximate surface area is 608 Å². The highest BCUT2D eigenvalue weighted by Gasteiger charge is 2.60. The minimum atomic E-state index is -4.83. The van der Waals surface area contributed by atoms with Crippen LogP contribution in [0.1, 0.15) is 5.56 Å². The standard InChI is InChI=1S/C63H90N2O40S2/c1-22-10-12-23(13-11-22)107(88,89)91-21-33-56-42(78)49(85)63(98-33)103-54-31(19-70)95-60(46(82)39(54)75)101-52-29(17-68)93-58(44(80)37(52)73)99-50-27(15-66)92-57(43(79)36(50)72)100-51-28(16-67)94-59(45(81)38(51)74)102-53-30(18-69)96-61(47(83)40(53)76)104-55-32(97-62(105-56)48(84)41(55)77)20-90-35(71)14-64-106(86,87)34-9-5-6-24-25(34)7-4-8-26(24)65(2)3/h4-13,27-33,36-64,66-70,72-85H,14-21H2,1-3H3/t27-,28-,29-,30-,31-,32-,33-,36-,37-,38-,39-,40-,41-,42-,43-,44-,45-,46-,47-,48-,49-,50-,51-,52-,53-,54-,55-,56-,57-,58-,59-,60-,61-,62-,63-/m1/s1. The minimum absolute atomic E-state index is 0.253. The Balaban J connectivity index is 0.917. The van der Waals surface area contributed by atoms with E-state index in [-0.39, 0.29) is 10.3 Å². The zero-order valence-corrected chi connectivity index (χ0v) is 58.6. The van der Waals surface area contributed by atoms with Gasteiger partial charge in [-0.3, -0.25) is 8.98 Å². The number of carbonyl (C=O) groups excluding carboxylic acids is 1. The molecule has 42 nitrogen and oxygen atoms in total. The molecule has 21 saturated heterocycles. The molecule has 0 aliphatic carbocycles. The van der Waals surface area contributed by atoms with E-state index in [1.54, 1.807) is 44.1 Å². The quantitative estimate of drug-likeness (QED) is 0.0468. The van der Waals surface area contributed by atoms with Crippen LogP contribution in [0.2, 0.25) is 0 Å². The van der Waals surface area contributed by atoms with Gasteiger partial charge in [0.2, 0.25) is 10.0 Å². The summed E-state index contributed by atoms with van der Waals surface area (Å²) in [4.78, 5) is 14.8. The number of aliphatic hydroxyl groups is 19. The van der Waals surface area contributed by atoms with Gasteiger partial charge in [-0.05, 0) is 31.2 Å². The van der Waals surface area contributed by atoms with Crippen molar-refractivity contribution in [1.29, 1.82) is 0 Å². The topological polar surface area (TPSA) is 633 Å². The van der Waals surface area contributed by atoms with Gasteiger partial charge in [-0.25, -0.2) is 8.42 Å². The van der Waals surface area contributed by atoms with E-state index >= 15 is 0 Å². The number of sulfonamides is 1. The molecule has 0 unspecified atom stereocenters. The van der Waals surface area contributed by atoms with Gasteiger partial charge in [-0.2, -0.15) is 13.1 Å². The van der Waals surface area contributed by atoms with Crippen molar-refractivity contribution in [2.75, 3.05) is 71.8 Å². The number of carbonyl (C=O) groups is 1. The van der Waals surface area contributed by atoms with Crippen LogP contribution >= 0.6 is 0 Å². The first-order valence-corrected chi connectivity index (χ1v) is 36.7. The monoisotopic (exact) mass is 1580 g/mol. The van der Waals surface area contributed by atoms with Crippen LogP contribution < -0.4 is 9.62 Å². The number of anilines is 1. The van der Waals surface area contributed by atoms with Gasteiger partial charge in [0.15, 0.2) is 44.0 Å². The molecule has 3 aromatic rings. The summed E-state index contributed by atoms with van der Waals surface area (Å²) in [5.41, 5.74) is 1.26. The van der Waals surface area contributed by atoms with E-state index in [4.69, 9.17) is 75.2 Å². The smallest absolute Gasteiger partial charge is 0.321 e. The van der Waals surface area contributed by atoms with Crippen molar-refractivity contribution < 1.29 is 194 Å². The fourth-order valence-electron chi connectivity index (χ4n) is 13.7. The van der Waals surface area contributed by atoms with Crippen LogP contribution in [-0.2, 0) is 100 Å². The van der Waals surface area contributed by atoms with Crippen molar-refractivity contribution in [2.45, 2.75) is 232 Å². The molecule has 21 aliphatic heterocycles. The van der Waals surface area contributed by atoms with E-state index in [9.17, 15) is 119 Å². The summed E-state index contributed by atoms with van der Waals surface area (Å²) in [6.45, 7) is -7.54. The Bertz CT molecular complexity index is 3650. The lowest BCUT2D eigenvalue weighted by atomic mass is 9.95. The van der Waals surface area contributed by atoms with Crippen LogP contribution in [-0.4, -0.2) is 402 Å². The fraction of sp³-hybridized carbons (Fsp3) is 0.730. The van der Waals surface area contributed by atoms with E-state index in [0.717, 1.165) is 12.1 Å². The Morgan fingerprint density at radius 2 is 0.673 bits per heavy atom. The highest BCUT2D eigenvalue weighted by molar-refractivity contribution is 7.89. The minimum Gasteiger partial charge on any atom is -0.462 e. The molecule has 35 atom stereocenters. The predicted molar refractivity (Wildman–Crippen MR) is 343 cm³/mol. The van der Waals surface area contributed by atoms with E-state index in [0.29, 0.717) is 16.6 Å². The molecule has 24 rings (SSSR count). The van der Waals surface area contributed by atoms with Crippen LogP contribution in [0.4, 0.5) is 5.69 Å². The average Bonchev–Trinajstić information content (AvgIpc) is 0.810. The molecule has 21 aliphatic rings. The lowest BCUT2D eigenvalue weighted by Gasteiger charge is -2.50. The maximum Gasteiger partial charge on any atom is 0.321 e. The number of ether oxygens (including phenoxy) is 15. The number of nitrogens with zero attached hydrogens (tertiary/aromatic N) is 1. The molecule has 0 radical (unpaired) electrons. The summed E-state index contributed by atoms with van der Waals surface area (Å²) in [6, 6.07) is 14.4. The molecule has 107 heavy (non-hydrogen) atoms. The van der Waals surface area contributed by atoms with E-state index in [2.05, 4.69) is 4.72 Å². The normalized spacial score (nSPS) is 43.4. The Kier molecular flexibility index (Phi) is 27.3. The number of aryl methyl sites for hydroxylation is 1. The Hall–Kier alpha value is -4.31. The molecule has 20 N–H and O–H groups in total. The molecular formula is C63H90N2O40S2. The van der Waals surface area contributed by atoms with Gasteiger partial charge >= 0.3 is 5.97 Å². The number of benzene rings is 3. The second kappa shape index (κ2) is 35.0. The second-order valence-electron chi connectivity index (χ2n) is 26.9. The lowest BCUT2D eigenvalue weighted by molar-refractivity contribution is -0.396. The van der Waals surface area contributed by atoms with Gasteiger partial charge in [-0.15, -0.1) is 0 Å². The summed E-state index contributed by atoms with van der Waals surface area (Å²) in [5, 5.41) is 218. The fourth-order valence-corrected chi connectivity index (χ4v) is 15.8. The van der Waals surface area contributed by atoms with Gasteiger partial charge in [0, 0.05) is 30.6 Å². The summed E-state index contributed by atoms with van der Waals surface area (Å²) in [5.74, 6) is -1.36. The zero-order valence-electron chi connectivity index (χ0n) is 57.0. The molecule has 0 aromatic heterocycles. The first-order valence-electron chi connectivity index (χ1n) is 33.8. The third-order valence-corrected chi connectivity index (χ3v) is 22.3. The molecule has 0 spiro atoms. The van der Waals surface area contributed by atoms with Crippen LogP contribution in [0.3, 0.4) is 0 Å². The van der Waals surface area contributed by atoms with Crippen molar-refractivity contribution in [3.05, 3.63) is 66.2 Å². The van der Waals surface area contributed by atoms with Crippen molar-refractivity contribution >= 4 is 42.6 Å². The Morgan fingerprint density at radius 1 is 0.383 bits per heavy atom. The molecule has 0 amide bonds. The number of hydrogen-bond acceptors (Lipinski definition) is 41. The SMILES string of the molecule is Cc1ccc(S(=O)(=O)OC[C@H]2O[C@@H]3O[C@H]4[C@H](O)[C@@H](O)[C@@H](O[C@H]5[C@H](O)[C@@H](O)[C@@H](O[C@H]6[C@H](O)[C@@H](O)[C@@H](O[C@H]7[C@H](O)[C@@H](O)[C@@H](O[C@H]8[C@H](O)[C@@H](O)[C@@H](O[C@H]9[C@H](O)[C@@H](O)[C@@H](O[C@H]2[C@H](O)[C@H]3O)O[C@@H]9COC(=O)CNS(=O)(=O)c2cccc3c(N(C)C)cccc23)O[C@@H]8CO)O[C@@H]7CO)O[C@@H]6CO)O[C@@H]5CO)O[C@@H]4CO)cc1. The summed E-state index contributed by atoms with van der Waals surface area (Å²) < 4.78 is 150. The highest BCUT2D eigenvalue weighted by atomic mass is 32.2. The number of fused-ring (bicyclic) bond motifs is 1. The largest absolute Gasteiger partial charge is 0.462 e. The van der Waals surface area contributed by atoms with Crippen LogP contribution in [0.5, 0.6) is 0 Å². The van der Waals surface area contributed by atoms with Crippen molar-refractivity contribution in [2.24, 2.45) is 0 Å². The van der Waals surface area contributed by atoms with E-state index < -0.39 is 299 Å². The number of aliphatic hydroxyl groups excluding tert-OH is 19. The third-order valence-electron chi connectivity index (χ3n) is 19.6. The third kappa shape index (κ3) is 17.4. The van der Waals surface area contributed by atoms with Gasteiger partial charge in [0.1, 0.15) is 184 Å². The molecule has 21 fully saturated rings. The maximum atomic E-state index is 13.9. The average molecular weight is 1580 g/mol. The van der Waals surface area contributed by atoms with Crippen LogP contribution in [0.25, 0.3) is 10.8 Å². The van der Waals surface area contributed by atoms with Gasteiger partial charge in [-0.1, -0.05) is 42.0 Å². The summed E-state index contributed by atoms with van der Waals surface area (Å²) in [6.07, 6.45) is -76.4. The second-order valence-corrected chi connectivity index (χ2v) is 30.2. The van der Waals surface area contributed by atoms with Gasteiger partial charge in [0.05, 0.1) is 49.4 Å². The first-order chi connectivity index (χ1) is 50.8. The van der Waals surface area contributed by atoms with Crippen molar-refractivity contribution in [3.8, 4) is 0 Å². The molecule has 21 heterocycles. The number of nitrogens with one attached hydrogen (secondary N) is 1. The number of rotatable bonds is 16. The van der Waals surface area contributed by atoms with Gasteiger partial charge in [0.25, 0.3) is 10.1 Å². The van der Waals surface area contributed by atoms with Crippen molar-refractivity contribution in [3.63, 3.8) is 0 Å². The number of esters is 1. The molecule has 604 valence electrons.